The molecule has 2 rings (SSSR count). The fourth-order valence-corrected chi connectivity index (χ4v) is 2.25. The van der Waals surface area contributed by atoms with Crippen molar-refractivity contribution in [2.24, 2.45) is 0 Å². The molecule has 0 saturated heterocycles. The zero-order valence-corrected chi connectivity index (χ0v) is 10.3. The Morgan fingerprint density at radius 3 is 2.78 bits per heavy atom. The van der Waals surface area contributed by atoms with Gasteiger partial charge in [0.25, 0.3) is 0 Å². The molecule has 1 aromatic carbocycles. The number of hydrogen-bond acceptors (Lipinski definition) is 4. The quantitative estimate of drug-likeness (QED) is 0.662. The van der Waals surface area contributed by atoms with Gasteiger partial charge in [-0.15, -0.1) is 0 Å². The Morgan fingerprint density at radius 1 is 1.39 bits per heavy atom. The van der Waals surface area contributed by atoms with Gasteiger partial charge >= 0.3 is 5.69 Å². The smallest absolute Gasteiger partial charge is 0.311 e. The van der Waals surface area contributed by atoms with Gasteiger partial charge in [0.15, 0.2) is 5.75 Å². The van der Waals surface area contributed by atoms with E-state index in [9.17, 15) is 15.2 Å². The van der Waals surface area contributed by atoms with Crippen LogP contribution in [0.25, 0.3) is 0 Å². The van der Waals surface area contributed by atoms with Gasteiger partial charge in [0.1, 0.15) is 6.10 Å². The van der Waals surface area contributed by atoms with Crippen LogP contribution in [0, 0.1) is 17.0 Å². The molecule has 5 nitrogen and oxygen atoms in total. The van der Waals surface area contributed by atoms with Crippen LogP contribution in [0.15, 0.2) is 18.2 Å². The van der Waals surface area contributed by atoms with Crippen molar-refractivity contribution in [2.75, 3.05) is 0 Å². The predicted molar refractivity (Wildman–Crippen MR) is 66.7 cm³/mol. The molecule has 98 valence electrons. The van der Waals surface area contributed by atoms with E-state index >= 15 is 0 Å². The molecule has 0 unspecified atom stereocenters. The highest BCUT2D eigenvalue weighted by Crippen LogP contribution is 2.31. The molecule has 1 aliphatic carbocycles. The summed E-state index contributed by atoms with van der Waals surface area (Å²) >= 11 is 0. The number of nitrogens with zero attached hydrogens (tertiary/aromatic N) is 1. The molecule has 1 N–H and O–H groups in total. The van der Waals surface area contributed by atoms with Crippen molar-refractivity contribution in [3.63, 3.8) is 0 Å². The van der Waals surface area contributed by atoms with Crippen molar-refractivity contribution in [2.45, 2.75) is 44.8 Å². The third kappa shape index (κ3) is 2.79. The fourth-order valence-electron chi connectivity index (χ4n) is 2.25. The molecule has 18 heavy (non-hydrogen) atoms. The van der Waals surface area contributed by atoms with Crippen LogP contribution >= 0.6 is 0 Å². The van der Waals surface area contributed by atoms with Crippen molar-refractivity contribution in [1.29, 1.82) is 0 Å². The first kappa shape index (κ1) is 12.8. The minimum Gasteiger partial charge on any atom is -0.481 e. The lowest BCUT2D eigenvalue weighted by Crippen LogP contribution is -2.34. The first-order valence-electron chi connectivity index (χ1n) is 6.17. The van der Waals surface area contributed by atoms with Gasteiger partial charge in [-0.2, -0.15) is 0 Å². The fraction of sp³-hybridized carbons (Fsp3) is 0.538. The second-order valence-electron chi connectivity index (χ2n) is 4.74. The standard InChI is InChI=1S/C13H17NO4/c1-9-6-7-12(10(8-9)14(16)17)18-13-5-3-2-4-11(13)15/h6-8,11,13,15H,2-5H2,1H3/t11-,13-/m0/s1. The highest BCUT2D eigenvalue weighted by atomic mass is 16.6. The number of ether oxygens (including phenoxy) is 1. The lowest BCUT2D eigenvalue weighted by Gasteiger charge is -2.28. The molecule has 0 amide bonds. The van der Waals surface area contributed by atoms with Crippen molar-refractivity contribution in [1.82, 2.24) is 0 Å². The molecule has 0 heterocycles. The molecular weight excluding hydrogens is 234 g/mol. The summed E-state index contributed by atoms with van der Waals surface area (Å²) in [4.78, 5) is 10.5. The van der Waals surface area contributed by atoms with Crippen LogP contribution in [0.1, 0.15) is 31.2 Å². The maximum atomic E-state index is 11.0. The number of hydrogen-bond donors (Lipinski definition) is 1. The molecular formula is C13H17NO4. The van der Waals surface area contributed by atoms with E-state index in [-0.39, 0.29) is 17.5 Å². The largest absolute Gasteiger partial charge is 0.481 e. The van der Waals surface area contributed by atoms with Crippen LogP contribution in [0.2, 0.25) is 0 Å². The van der Waals surface area contributed by atoms with Gasteiger partial charge in [-0.3, -0.25) is 10.1 Å². The first-order valence-corrected chi connectivity index (χ1v) is 6.17. The normalized spacial score (nSPS) is 23.7. The second kappa shape index (κ2) is 5.35. The number of rotatable bonds is 3. The Bertz CT molecular complexity index is 447. The van der Waals surface area contributed by atoms with Crippen molar-refractivity contribution in [3.05, 3.63) is 33.9 Å². The maximum absolute atomic E-state index is 11.0. The molecule has 0 bridgehead atoms. The minimum atomic E-state index is -0.528. The van der Waals surface area contributed by atoms with E-state index < -0.39 is 11.0 Å². The van der Waals surface area contributed by atoms with Crippen LogP contribution in [0.5, 0.6) is 5.75 Å². The van der Waals surface area contributed by atoms with Crippen LogP contribution in [0.4, 0.5) is 5.69 Å². The van der Waals surface area contributed by atoms with Gasteiger partial charge in [-0.25, -0.2) is 0 Å². The molecule has 1 fully saturated rings. The average molecular weight is 251 g/mol. The Balaban J connectivity index is 2.20. The predicted octanol–water partition coefficient (Wildman–Crippen LogP) is 2.59. The highest BCUT2D eigenvalue weighted by Gasteiger charge is 2.27. The summed E-state index contributed by atoms with van der Waals surface area (Å²) in [5.41, 5.74) is 0.783. The van der Waals surface area contributed by atoms with Crippen molar-refractivity contribution in [3.8, 4) is 5.75 Å². The van der Waals surface area contributed by atoms with E-state index in [2.05, 4.69) is 0 Å². The van der Waals surface area contributed by atoms with Gasteiger partial charge in [-0.05, 0) is 37.8 Å². The summed E-state index contributed by atoms with van der Waals surface area (Å²) in [5, 5.41) is 20.8. The van der Waals surface area contributed by atoms with E-state index in [0.29, 0.717) is 6.42 Å². The molecule has 0 spiro atoms. The lowest BCUT2D eigenvalue weighted by molar-refractivity contribution is -0.386. The molecule has 0 aromatic heterocycles. The summed E-state index contributed by atoms with van der Waals surface area (Å²) in [5.74, 6) is 0.247. The van der Waals surface area contributed by atoms with E-state index in [1.54, 1.807) is 19.1 Å². The lowest BCUT2D eigenvalue weighted by atomic mass is 9.95. The Morgan fingerprint density at radius 2 is 2.11 bits per heavy atom. The number of aliphatic hydroxyl groups excluding tert-OH is 1. The maximum Gasteiger partial charge on any atom is 0.311 e. The summed E-state index contributed by atoms with van der Waals surface area (Å²) in [6.45, 7) is 1.80. The molecule has 0 aliphatic heterocycles. The monoisotopic (exact) mass is 251 g/mol. The molecule has 5 heteroatoms. The van der Waals surface area contributed by atoms with Crippen LogP contribution in [-0.2, 0) is 0 Å². The van der Waals surface area contributed by atoms with Gasteiger partial charge in [-0.1, -0.05) is 12.5 Å². The summed E-state index contributed by atoms with van der Waals surface area (Å²) < 4.78 is 5.62. The van der Waals surface area contributed by atoms with Gasteiger partial charge in [0, 0.05) is 6.07 Å². The van der Waals surface area contributed by atoms with Gasteiger partial charge in [0.05, 0.1) is 11.0 Å². The number of aliphatic hydroxyl groups is 1. The Hall–Kier alpha value is -1.62. The van der Waals surface area contributed by atoms with Gasteiger partial charge in [0.2, 0.25) is 0 Å². The topological polar surface area (TPSA) is 72.6 Å². The molecule has 0 radical (unpaired) electrons. The Labute approximate surface area is 106 Å². The van der Waals surface area contributed by atoms with E-state index in [1.807, 2.05) is 0 Å². The second-order valence-corrected chi connectivity index (χ2v) is 4.74. The molecule has 2 atom stereocenters. The minimum absolute atomic E-state index is 0.0345. The van der Waals surface area contributed by atoms with Crippen LogP contribution in [-0.4, -0.2) is 22.2 Å². The third-order valence-corrected chi connectivity index (χ3v) is 3.26. The summed E-state index contributed by atoms with van der Waals surface area (Å²) in [7, 11) is 0. The molecule has 1 aliphatic rings. The number of benzene rings is 1. The van der Waals surface area contributed by atoms with E-state index in [1.165, 1.54) is 6.07 Å². The average Bonchev–Trinajstić information content (AvgIpc) is 2.34. The SMILES string of the molecule is Cc1ccc(O[C@H]2CCCC[C@@H]2O)c([N+](=O)[O-])c1. The van der Waals surface area contributed by atoms with Crippen molar-refractivity contribution >= 4 is 5.69 Å². The molecule has 1 saturated carbocycles. The summed E-state index contributed by atoms with van der Waals surface area (Å²) in [6, 6.07) is 4.87. The first-order chi connectivity index (χ1) is 8.58. The van der Waals surface area contributed by atoms with Crippen molar-refractivity contribution < 1.29 is 14.8 Å². The highest BCUT2D eigenvalue weighted by molar-refractivity contribution is 5.48. The number of nitro benzene ring substituents is 1. The molecule has 1 aromatic rings. The van der Waals surface area contributed by atoms with Crippen LogP contribution in [0.3, 0.4) is 0 Å². The zero-order valence-electron chi connectivity index (χ0n) is 10.3. The van der Waals surface area contributed by atoms with E-state index in [0.717, 1.165) is 24.8 Å². The number of nitro groups is 1. The zero-order chi connectivity index (χ0) is 13.1. The third-order valence-electron chi connectivity index (χ3n) is 3.26. The Kier molecular flexibility index (Phi) is 3.81. The number of aryl methyl sites for hydroxylation is 1. The van der Waals surface area contributed by atoms with Crippen LogP contribution < -0.4 is 4.74 Å². The summed E-state index contributed by atoms with van der Waals surface area (Å²) in [6.07, 6.45) is 2.55. The van der Waals surface area contributed by atoms with Gasteiger partial charge < -0.3 is 9.84 Å². The van der Waals surface area contributed by atoms with E-state index in [4.69, 9.17) is 4.74 Å².